The van der Waals surface area contributed by atoms with E-state index in [1.807, 2.05) is 13.8 Å². The van der Waals surface area contributed by atoms with Crippen LogP contribution in [0.3, 0.4) is 0 Å². The summed E-state index contributed by atoms with van der Waals surface area (Å²) in [5.41, 5.74) is -0.143. The molecule has 1 unspecified atom stereocenters. The van der Waals surface area contributed by atoms with E-state index in [1.165, 1.54) is 25.7 Å². The molecule has 0 radical (unpaired) electrons. The van der Waals surface area contributed by atoms with E-state index in [1.54, 1.807) is 0 Å². The minimum absolute atomic E-state index is 0.414. The van der Waals surface area contributed by atoms with Crippen molar-refractivity contribution in [2.24, 2.45) is 16.7 Å². The SMILES string of the molecule is CC1(C)CCCC(CC(C)(C)C(=O)O)C1. The van der Waals surface area contributed by atoms with Gasteiger partial charge >= 0.3 is 5.97 Å². The zero-order valence-electron chi connectivity index (χ0n) is 10.5. The van der Waals surface area contributed by atoms with Gasteiger partial charge < -0.3 is 5.11 Å². The van der Waals surface area contributed by atoms with Crippen LogP contribution in [0.15, 0.2) is 0 Å². The van der Waals surface area contributed by atoms with Crippen LogP contribution >= 0.6 is 0 Å². The second kappa shape index (κ2) is 4.15. The Labute approximate surface area is 93.1 Å². The molecular weight excluding hydrogens is 188 g/mol. The normalized spacial score (nSPS) is 26.3. The summed E-state index contributed by atoms with van der Waals surface area (Å²) in [4.78, 5) is 11.1. The van der Waals surface area contributed by atoms with Gasteiger partial charge in [0, 0.05) is 0 Å². The minimum Gasteiger partial charge on any atom is -0.481 e. The Balaban J connectivity index is 2.55. The van der Waals surface area contributed by atoms with Crippen molar-refractivity contribution < 1.29 is 9.90 Å². The Kier molecular flexibility index (Phi) is 3.47. The van der Waals surface area contributed by atoms with Crippen LogP contribution in [0.25, 0.3) is 0 Å². The summed E-state index contributed by atoms with van der Waals surface area (Å²) in [5.74, 6) is -0.0641. The molecule has 1 aliphatic carbocycles. The van der Waals surface area contributed by atoms with Crippen LogP contribution in [0, 0.1) is 16.7 Å². The van der Waals surface area contributed by atoms with Crippen molar-refractivity contribution in [3.05, 3.63) is 0 Å². The lowest BCUT2D eigenvalue weighted by Crippen LogP contribution is -2.31. The fraction of sp³-hybridized carbons (Fsp3) is 0.923. The number of hydrogen-bond acceptors (Lipinski definition) is 1. The van der Waals surface area contributed by atoms with E-state index in [0.717, 1.165) is 6.42 Å². The quantitative estimate of drug-likeness (QED) is 0.774. The van der Waals surface area contributed by atoms with Crippen LogP contribution in [-0.4, -0.2) is 11.1 Å². The molecule has 0 bridgehead atoms. The molecule has 88 valence electrons. The molecule has 1 saturated carbocycles. The molecule has 2 heteroatoms. The number of rotatable bonds is 3. The first-order valence-corrected chi connectivity index (χ1v) is 5.96. The monoisotopic (exact) mass is 212 g/mol. The number of aliphatic carboxylic acids is 1. The predicted molar refractivity (Wildman–Crippen MR) is 61.8 cm³/mol. The molecule has 2 nitrogen and oxygen atoms in total. The van der Waals surface area contributed by atoms with Crippen molar-refractivity contribution in [1.82, 2.24) is 0 Å². The van der Waals surface area contributed by atoms with Gasteiger partial charge in [-0.15, -0.1) is 0 Å². The summed E-state index contributed by atoms with van der Waals surface area (Å²) in [6, 6.07) is 0. The van der Waals surface area contributed by atoms with E-state index in [2.05, 4.69) is 13.8 Å². The average molecular weight is 212 g/mol. The summed E-state index contributed by atoms with van der Waals surface area (Å²) in [5, 5.41) is 9.10. The molecule has 0 aromatic rings. The highest BCUT2D eigenvalue weighted by atomic mass is 16.4. The van der Waals surface area contributed by atoms with Gasteiger partial charge in [-0.1, -0.05) is 26.7 Å². The fourth-order valence-electron chi connectivity index (χ4n) is 2.84. The summed E-state index contributed by atoms with van der Waals surface area (Å²) in [6.07, 6.45) is 5.76. The molecule has 1 atom stereocenters. The van der Waals surface area contributed by atoms with Gasteiger partial charge in [0.25, 0.3) is 0 Å². The molecule has 1 fully saturated rings. The second-order valence-electron chi connectivity index (χ2n) is 6.52. The molecule has 0 aliphatic heterocycles. The third kappa shape index (κ3) is 3.51. The van der Waals surface area contributed by atoms with Gasteiger partial charge in [-0.3, -0.25) is 4.79 Å². The second-order valence-corrected chi connectivity index (χ2v) is 6.52. The molecule has 0 aromatic carbocycles. The Morgan fingerprint density at radius 1 is 1.47 bits per heavy atom. The third-order valence-corrected chi connectivity index (χ3v) is 3.69. The van der Waals surface area contributed by atoms with Gasteiger partial charge in [0.1, 0.15) is 0 Å². The molecule has 0 amide bonds. The van der Waals surface area contributed by atoms with Crippen molar-refractivity contribution in [1.29, 1.82) is 0 Å². The van der Waals surface area contributed by atoms with Gasteiger partial charge in [0.05, 0.1) is 5.41 Å². The molecule has 0 saturated heterocycles. The lowest BCUT2D eigenvalue weighted by molar-refractivity contribution is -0.148. The maximum atomic E-state index is 11.1. The van der Waals surface area contributed by atoms with Crippen molar-refractivity contribution in [2.75, 3.05) is 0 Å². The van der Waals surface area contributed by atoms with Crippen LogP contribution in [-0.2, 0) is 4.79 Å². The van der Waals surface area contributed by atoms with Crippen molar-refractivity contribution >= 4 is 5.97 Å². The molecule has 15 heavy (non-hydrogen) atoms. The lowest BCUT2D eigenvalue weighted by Gasteiger charge is -2.37. The summed E-state index contributed by atoms with van der Waals surface area (Å²) < 4.78 is 0. The average Bonchev–Trinajstić information content (AvgIpc) is 2.00. The molecule has 1 aliphatic rings. The fourth-order valence-corrected chi connectivity index (χ4v) is 2.84. The Morgan fingerprint density at radius 3 is 2.53 bits per heavy atom. The first kappa shape index (κ1) is 12.5. The maximum absolute atomic E-state index is 11.1. The zero-order chi connectivity index (χ0) is 11.7. The van der Waals surface area contributed by atoms with Crippen molar-refractivity contribution in [2.45, 2.75) is 59.8 Å². The van der Waals surface area contributed by atoms with Gasteiger partial charge in [-0.2, -0.15) is 0 Å². The lowest BCUT2D eigenvalue weighted by atomic mass is 9.68. The summed E-state index contributed by atoms with van der Waals surface area (Å²) in [7, 11) is 0. The van der Waals surface area contributed by atoms with Crippen LogP contribution in [0.4, 0.5) is 0 Å². The van der Waals surface area contributed by atoms with E-state index < -0.39 is 11.4 Å². The number of carbonyl (C=O) groups is 1. The van der Waals surface area contributed by atoms with Crippen LogP contribution in [0.1, 0.15) is 59.8 Å². The van der Waals surface area contributed by atoms with E-state index in [4.69, 9.17) is 5.11 Å². The topological polar surface area (TPSA) is 37.3 Å². The Hall–Kier alpha value is -0.530. The Bertz CT molecular complexity index is 241. The van der Waals surface area contributed by atoms with E-state index in [9.17, 15) is 4.79 Å². The van der Waals surface area contributed by atoms with Crippen molar-refractivity contribution in [3.63, 3.8) is 0 Å². The smallest absolute Gasteiger partial charge is 0.309 e. The first-order chi connectivity index (χ1) is 6.73. The summed E-state index contributed by atoms with van der Waals surface area (Å²) >= 11 is 0. The standard InChI is InChI=1S/C13H24O2/c1-12(2)7-5-6-10(8-12)9-13(3,4)11(14)15/h10H,5-9H2,1-4H3,(H,14,15). The van der Waals surface area contributed by atoms with E-state index in [0.29, 0.717) is 11.3 Å². The third-order valence-electron chi connectivity index (χ3n) is 3.69. The molecule has 0 aromatic heterocycles. The minimum atomic E-state index is -0.661. The largest absolute Gasteiger partial charge is 0.481 e. The van der Waals surface area contributed by atoms with Crippen LogP contribution in [0.5, 0.6) is 0 Å². The molecular formula is C13H24O2. The number of carboxylic acid groups (broad SMARTS) is 1. The molecule has 1 rings (SSSR count). The van der Waals surface area contributed by atoms with Gasteiger partial charge in [0.15, 0.2) is 0 Å². The molecule has 1 N–H and O–H groups in total. The van der Waals surface area contributed by atoms with Crippen molar-refractivity contribution in [3.8, 4) is 0 Å². The highest BCUT2D eigenvalue weighted by Gasteiger charge is 2.35. The van der Waals surface area contributed by atoms with E-state index in [-0.39, 0.29) is 0 Å². The highest BCUT2D eigenvalue weighted by Crippen LogP contribution is 2.43. The maximum Gasteiger partial charge on any atom is 0.309 e. The molecule has 0 spiro atoms. The summed E-state index contributed by atoms with van der Waals surface area (Å²) in [6.45, 7) is 8.29. The van der Waals surface area contributed by atoms with Gasteiger partial charge in [0.2, 0.25) is 0 Å². The zero-order valence-corrected chi connectivity index (χ0v) is 10.5. The van der Waals surface area contributed by atoms with Crippen LogP contribution < -0.4 is 0 Å². The molecule has 0 heterocycles. The highest BCUT2D eigenvalue weighted by molar-refractivity contribution is 5.73. The van der Waals surface area contributed by atoms with Crippen LogP contribution in [0.2, 0.25) is 0 Å². The number of carboxylic acids is 1. The first-order valence-electron chi connectivity index (χ1n) is 5.96. The van der Waals surface area contributed by atoms with Gasteiger partial charge in [-0.05, 0) is 44.4 Å². The Morgan fingerprint density at radius 2 is 2.07 bits per heavy atom. The van der Waals surface area contributed by atoms with E-state index >= 15 is 0 Å². The van der Waals surface area contributed by atoms with Gasteiger partial charge in [-0.25, -0.2) is 0 Å². The predicted octanol–water partition coefficient (Wildman–Crippen LogP) is 3.70. The number of hydrogen-bond donors (Lipinski definition) is 1.